The molecule has 3 fully saturated rings. The lowest BCUT2D eigenvalue weighted by Crippen LogP contribution is -2.53. The van der Waals surface area contributed by atoms with Gasteiger partial charge in [0, 0.05) is 36.1 Å². The number of ketones is 1. The summed E-state index contributed by atoms with van der Waals surface area (Å²) in [5.74, 6) is 2.38. The predicted octanol–water partition coefficient (Wildman–Crippen LogP) is 3.63. The van der Waals surface area contributed by atoms with Crippen LogP contribution in [0.4, 0.5) is 0 Å². The van der Waals surface area contributed by atoms with Crippen LogP contribution in [0.1, 0.15) is 58.8 Å². The molecule has 0 heterocycles. The molecular formula is C23H33N3O2. The molecule has 4 aliphatic rings. The van der Waals surface area contributed by atoms with E-state index in [0.717, 1.165) is 50.6 Å². The van der Waals surface area contributed by atoms with Crippen molar-refractivity contribution in [2.75, 3.05) is 13.2 Å². The average Bonchev–Trinajstić information content (AvgIpc) is 2.98. The number of fused-ring (bicyclic) bond motifs is 5. The lowest BCUT2D eigenvalue weighted by atomic mass is 9.45. The molecule has 5 heteroatoms. The maximum absolute atomic E-state index is 12.6. The van der Waals surface area contributed by atoms with Crippen LogP contribution in [0, 0.1) is 45.8 Å². The largest absolute Gasteiger partial charge is 0.328 e. The number of nitrogens with two attached hydrogens (primary N) is 1. The van der Waals surface area contributed by atoms with Gasteiger partial charge in [0.15, 0.2) is 0 Å². The van der Waals surface area contributed by atoms with Gasteiger partial charge in [-0.15, -0.1) is 0 Å². The summed E-state index contributed by atoms with van der Waals surface area (Å²) < 4.78 is 0. The molecule has 4 rings (SSSR count). The van der Waals surface area contributed by atoms with Gasteiger partial charge in [0.05, 0.1) is 12.7 Å². The fourth-order valence-electron chi connectivity index (χ4n) is 7.06. The van der Waals surface area contributed by atoms with Crippen molar-refractivity contribution in [3.05, 3.63) is 23.4 Å². The van der Waals surface area contributed by atoms with Gasteiger partial charge in [-0.05, 0) is 61.7 Å². The van der Waals surface area contributed by atoms with E-state index in [4.69, 9.17) is 10.6 Å². The highest BCUT2D eigenvalue weighted by molar-refractivity contribution is 5.87. The second kappa shape index (κ2) is 7.31. The Hall–Kier alpha value is -1.64. The number of nitrogens with one attached hydrogen (secondary N) is 1. The van der Waals surface area contributed by atoms with Crippen LogP contribution in [0.5, 0.6) is 0 Å². The van der Waals surface area contributed by atoms with E-state index in [1.165, 1.54) is 5.57 Å². The summed E-state index contributed by atoms with van der Waals surface area (Å²) in [6.45, 7) is 5.61. The van der Waals surface area contributed by atoms with Gasteiger partial charge >= 0.3 is 0 Å². The molecule has 152 valence electrons. The Balaban J connectivity index is 1.66. The molecule has 0 aliphatic heterocycles. The first-order chi connectivity index (χ1) is 13.4. The quantitative estimate of drug-likeness (QED) is 0.440. The van der Waals surface area contributed by atoms with Gasteiger partial charge < -0.3 is 5.73 Å². The van der Waals surface area contributed by atoms with E-state index in [1.807, 2.05) is 0 Å². The van der Waals surface area contributed by atoms with Gasteiger partial charge in [-0.3, -0.25) is 15.1 Å². The Morgan fingerprint density at radius 1 is 1.32 bits per heavy atom. The zero-order valence-corrected chi connectivity index (χ0v) is 17.2. The standard InChI is InChI=1S/C23H33N3O2/c1-22-8-5-16(26-28-12-11-25)14-20(22)15(7-10-24)13-17-18-3-4-21(27)23(18,2)9-6-19(17)22/h7,14,17-20,26H,3-6,8-9,11-13,25H2,1-2H3/t17?,18?,19?,20?,22-,23+/m1/s1. The van der Waals surface area contributed by atoms with Crippen LogP contribution in [0.3, 0.4) is 0 Å². The normalized spacial score (nSPS) is 43.6. The van der Waals surface area contributed by atoms with Crippen molar-refractivity contribution in [2.45, 2.75) is 58.8 Å². The molecule has 0 saturated heterocycles. The van der Waals surface area contributed by atoms with Crippen molar-refractivity contribution in [2.24, 2.45) is 40.2 Å². The van der Waals surface area contributed by atoms with Gasteiger partial charge in [0.25, 0.3) is 0 Å². The minimum Gasteiger partial charge on any atom is -0.328 e. The lowest BCUT2D eigenvalue weighted by molar-refractivity contribution is -0.133. The van der Waals surface area contributed by atoms with Crippen molar-refractivity contribution in [1.82, 2.24) is 5.48 Å². The summed E-state index contributed by atoms with van der Waals surface area (Å²) in [5, 5.41) is 9.45. The van der Waals surface area contributed by atoms with E-state index >= 15 is 0 Å². The van der Waals surface area contributed by atoms with Crippen LogP contribution in [-0.4, -0.2) is 18.9 Å². The van der Waals surface area contributed by atoms with Gasteiger partial charge in [-0.25, -0.2) is 0 Å². The van der Waals surface area contributed by atoms with Crippen molar-refractivity contribution in [3.8, 4) is 6.07 Å². The number of rotatable bonds is 4. The first kappa shape index (κ1) is 19.7. The molecule has 5 nitrogen and oxygen atoms in total. The molecule has 0 spiro atoms. The number of allylic oxidation sites excluding steroid dienone is 4. The molecule has 3 N–H and O–H groups in total. The minimum absolute atomic E-state index is 0.130. The molecule has 0 aromatic carbocycles. The van der Waals surface area contributed by atoms with Crippen LogP contribution in [0.15, 0.2) is 23.4 Å². The highest BCUT2D eigenvalue weighted by Gasteiger charge is 2.60. The van der Waals surface area contributed by atoms with Crippen LogP contribution in [-0.2, 0) is 9.63 Å². The summed E-state index contributed by atoms with van der Waals surface area (Å²) in [6, 6.07) is 2.30. The van der Waals surface area contributed by atoms with Crippen molar-refractivity contribution in [1.29, 1.82) is 5.26 Å². The molecule has 4 aliphatic carbocycles. The Kier molecular flexibility index (Phi) is 5.14. The second-order valence-electron chi connectivity index (χ2n) is 9.76. The summed E-state index contributed by atoms with van der Waals surface area (Å²) >= 11 is 0. The Morgan fingerprint density at radius 2 is 2.14 bits per heavy atom. The number of hydrogen-bond donors (Lipinski definition) is 2. The zero-order valence-electron chi connectivity index (χ0n) is 17.2. The SMILES string of the molecule is C[C@]12CCC(NOCCN)=CC1C(=CC#N)CC1C2CC[C@]2(C)C(=O)CCC12. The molecule has 0 aromatic heterocycles. The first-order valence-electron chi connectivity index (χ1n) is 10.8. The third-order valence-electron chi connectivity index (χ3n) is 8.55. The van der Waals surface area contributed by atoms with Gasteiger partial charge in [0.1, 0.15) is 5.78 Å². The third kappa shape index (κ3) is 2.93. The van der Waals surface area contributed by atoms with E-state index in [-0.39, 0.29) is 16.7 Å². The number of carbonyl (C=O) groups is 1. The molecule has 4 unspecified atom stereocenters. The number of Topliss-reactive ketones (excluding diaryl/α,β-unsaturated/α-hetero) is 1. The molecule has 3 saturated carbocycles. The maximum Gasteiger partial charge on any atom is 0.139 e. The Bertz CT molecular complexity index is 751. The minimum atomic E-state index is -0.130. The fraction of sp³-hybridized carbons (Fsp3) is 0.739. The van der Waals surface area contributed by atoms with Gasteiger partial charge in [0.2, 0.25) is 0 Å². The number of hydrogen-bond acceptors (Lipinski definition) is 5. The molecular weight excluding hydrogens is 350 g/mol. The van der Waals surface area contributed by atoms with Crippen LogP contribution in [0.25, 0.3) is 0 Å². The molecule has 0 radical (unpaired) electrons. The highest BCUT2D eigenvalue weighted by Crippen LogP contribution is 2.66. The maximum atomic E-state index is 12.6. The van der Waals surface area contributed by atoms with Gasteiger partial charge in [-0.1, -0.05) is 25.5 Å². The van der Waals surface area contributed by atoms with E-state index in [2.05, 4.69) is 31.5 Å². The summed E-state index contributed by atoms with van der Waals surface area (Å²) in [4.78, 5) is 18.1. The van der Waals surface area contributed by atoms with Crippen molar-refractivity contribution < 1.29 is 9.63 Å². The summed E-state index contributed by atoms with van der Waals surface area (Å²) in [5.41, 5.74) is 11.0. The molecule has 28 heavy (non-hydrogen) atoms. The van der Waals surface area contributed by atoms with Gasteiger partial charge in [-0.2, -0.15) is 5.26 Å². The van der Waals surface area contributed by atoms with E-state index < -0.39 is 0 Å². The predicted molar refractivity (Wildman–Crippen MR) is 107 cm³/mol. The second-order valence-corrected chi connectivity index (χ2v) is 9.76. The summed E-state index contributed by atoms with van der Waals surface area (Å²) in [6.07, 6.45) is 11.0. The Labute approximate surface area is 168 Å². The van der Waals surface area contributed by atoms with Crippen LogP contribution in [0.2, 0.25) is 0 Å². The van der Waals surface area contributed by atoms with Crippen LogP contribution < -0.4 is 11.2 Å². The summed E-state index contributed by atoms with van der Waals surface area (Å²) in [7, 11) is 0. The van der Waals surface area contributed by atoms with Crippen molar-refractivity contribution in [3.63, 3.8) is 0 Å². The topological polar surface area (TPSA) is 88.1 Å². The average molecular weight is 384 g/mol. The number of hydroxylamine groups is 1. The Morgan fingerprint density at radius 3 is 2.89 bits per heavy atom. The molecule has 0 bridgehead atoms. The monoisotopic (exact) mass is 383 g/mol. The molecule has 6 atom stereocenters. The zero-order chi connectivity index (χ0) is 19.9. The van der Waals surface area contributed by atoms with E-state index in [0.29, 0.717) is 36.7 Å². The first-order valence-corrected chi connectivity index (χ1v) is 10.8. The van der Waals surface area contributed by atoms with E-state index in [9.17, 15) is 10.1 Å². The number of carbonyl (C=O) groups excluding carboxylic acids is 1. The van der Waals surface area contributed by atoms with E-state index in [1.54, 1.807) is 6.08 Å². The number of nitrogens with zero attached hydrogens (tertiary/aromatic N) is 1. The highest BCUT2D eigenvalue weighted by atomic mass is 16.6. The van der Waals surface area contributed by atoms with Crippen LogP contribution >= 0.6 is 0 Å². The molecule has 0 amide bonds. The number of nitriles is 1. The fourth-order valence-corrected chi connectivity index (χ4v) is 7.06. The third-order valence-corrected chi connectivity index (χ3v) is 8.55. The lowest BCUT2D eigenvalue weighted by Gasteiger charge is -2.59. The molecule has 0 aromatic rings. The smallest absolute Gasteiger partial charge is 0.139 e. The van der Waals surface area contributed by atoms with Crippen molar-refractivity contribution >= 4 is 5.78 Å².